The molecule has 0 aliphatic carbocycles. The molecule has 0 atom stereocenters. The summed E-state index contributed by atoms with van der Waals surface area (Å²) < 4.78 is 11.2. The van der Waals surface area contributed by atoms with E-state index < -0.39 is 5.79 Å². The van der Waals surface area contributed by atoms with Gasteiger partial charge in [0.2, 0.25) is 0 Å². The number of hydrogen-bond acceptors (Lipinski definition) is 3. The van der Waals surface area contributed by atoms with Gasteiger partial charge in [-0.15, -0.1) is 0 Å². The average Bonchev–Trinajstić information content (AvgIpc) is 2.20. The number of hydrogen-bond donors (Lipinski definition) is 1. The van der Waals surface area contributed by atoms with Crippen molar-refractivity contribution in [2.75, 3.05) is 13.2 Å². The third-order valence-corrected chi connectivity index (χ3v) is 2.63. The molecule has 0 radical (unpaired) electrons. The van der Waals surface area contributed by atoms with Crippen LogP contribution >= 0.6 is 0 Å². The fourth-order valence-electron chi connectivity index (χ4n) is 1.63. The Balaban J connectivity index is 2.04. The summed E-state index contributed by atoms with van der Waals surface area (Å²) in [4.78, 5) is 0. The van der Waals surface area contributed by atoms with Crippen LogP contribution in [0.2, 0.25) is 0 Å². The fourth-order valence-corrected chi connectivity index (χ4v) is 1.63. The Kier molecular flexibility index (Phi) is 2.67. The van der Waals surface area contributed by atoms with Crippen LogP contribution in [0.3, 0.4) is 0 Å². The van der Waals surface area contributed by atoms with Gasteiger partial charge < -0.3 is 14.6 Å². The van der Waals surface area contributed by atoms with Crippen LogP contribution < -0.4 is 0 Å². The van der Waals surface area contributed by atoms with Gasteiger partial charge in [-0.05, 0) is 31.5 Å². The monoisotopic (exact) mass is 208 g/mol. The largest absolute Gasteiger partial charge is 0.508 e. The molecule has 0 saturated carbocycles. The van der Waals surface area contributed by atoms with Gasteiger partial charge in [-0.25, -0.2) is 0 Å². The summed E-state index contributed by atoms with van der Waals surface area (Å²) in [6.45, 7) is 5.16. The number of aromatic hydroxyl groups is 1. The Morgan fingerprint density at radius 2 is 1.67 bits per heavy atom. The molecule has 0 bridgehead atoms. The summed E-state index contributed by atoms with van der Waals surface area (Å²) in [6.07, 6.45) is 0. The van der Waals surface area contributed by atoms with E-state index in [4.69, 9.17) is 9.47 Å². The number of ether oxygens (including phenoxy) is 2. The van der Waals surface area contributed by atoms with E-state index in [0.29, 0.717) is 13.2 Å². The molecule has 1 N–H and O–H groups in total. The first-order valence-corrected chi connectivity index (χ1v) is 5.14. The maximum atomic E-state index is 9.18. The molecule has 0 amide bonds. The van der Waals surface area contributed by atoms with Gasteiger partial charge in [0.25, 0.3) is 0 Å². The molecule has 1 aromatic rings. The van der Waals surface area contributed by atoms with Crippen LogP contribution in [0, 0.1) is 0 Å². The minimum Gasteiger partial charge on any atom is -0.508 e. The molecular weight excluding hydrogens is 192 g/mol. The summed E-state index contributed by atoms with van der Waals surface area (Å²) in [5.41, 5.74) is 1.14. The lowest BCUT2D eigenvalue weighted by Gasteiger charge is -2.35. The van der Waals surface area contributed by atoms with Gasteiger partial charge >= 0.3 is 0 Å². The van der Waals surface area contributed by atoms with E-state index in [9.17, 15) is 5.11 Å². The summed E-state index contributed by atoms with van der Waals surface area (Å²) in [6, 6.07) is 7.19. The highest BCUT2D eigenvalue weighted by atomic mass is 16.7. The Labute approximate surface area is 89.6 Å². The SMILES string of the molecule is CC1(C)OCC(c2ccc(O)cc2)CO1. The molecule has 3 heteroatoms. The zero-order valence-corrected chi connectivity index (χ0v) is 9.06. The van der Waals surface area contributed by atoms with Crippen LogP contribution in [0.15, 0.2) is 24.3 Å². The zero-order chi connectivity index (χ0) is 10.9. The van der Waals surface area contributed by atoms with Crippen molar-refractivity contribution in [2.24, 2.45) is 0 Å². The van der Waals surface area contributed by atoms with Gasteiger partial charge in [0.05, 0.1) is 13.2 Å². The third kappa shape index (κ3) is 2.49. The molecule has 0 unspecified atom stereocenters. The lowest BCUT2D eigenvalue weighted by Crippen LogP contribution is -2.38. The molecule has 1 aromatic carbocycles. The van der Waals surface area contributed by atoms with Crippen molar-refractivity contribution in [2.45, 2.75) is 25.6 Å². The van der Waals surface area contributed by atoms with E-state index in [1.807, 2.05) is 26.0 Å². The van der Waals surface area contributed by atoms with E-state index in [1.54, 1.807) is 12.1 Å². The zero-order valence-electron chi connectivity index (χ0n) is 9.06. The second-order valence-electron chi connectivity index (χ2n) is 4.31. The highest BCUT2D eigenvalue weighted by Crippen LogP contribution is 2.27. The van der Waals surface area contributed by atoms with Crippen LogP contribution in [0.1, 0.15) is 25.3 Å². The van der Waals surface area contributed by atoms with Crippen molar-refractivity contribution >= 4 is 0 Å². The number of rotatable bonds is 1. The Hall–Kier alpha value is -1.06. The smallest absolute Gasteiger partial charge is 0.162 e. The molecule has 15 heavy (non-hydrogen) atoms. The summed E-state index contributed by atoms with van der Waals surface area (Å²) in [5.74, 6) is 0.0864. The van der Waals surface area contributed by atoms with Gasteiger partial charge in [0.15, 0.2) is 5.79 Å². The molecule has 1 heterocycles. The Morgan fingerprint density at radius 3 is 2.20 bits per heavy atom. The van der Waals surface area contributed by atoms with Gasteiger partial charge in [-0.3, -0.25) is 0 Å². The van der Waals surface area contributed by atoms with Crippen molar-refractivity contribution in [3.05, 3.63) is 29.8 Å². The lowest BCUT2D eigenvalue weighted by atomic mass is 10.00. The molecular formula is C12H16O3. The normalized spacial score (nSPS) is 21.5. The number of benzene rings is 1. The summed E-state index contributed by atoms with van der Waals surface area (Å²) in [7, 11) is 0. The second kappa shape index (κ2) is 3.83. The lowest BCUT2D eigenvalue weighted by molar-refractivity contribution is -0.251. The first-order valence-electron chi connectivity index (χ1n) is 5.14. The minimum atomic E-state index is -0.465. The average molecular weight is 208 g/mol. The molecule has 2 rings (SSSR count). The molecule has 1 saturated heterocycles. The molecule has 1 fully saturated rings. The van der Waals surface area contributed by atoms with Crippen molar-refractivity contribution in [1.29, 1.82) is 0 Å². The van der Waals surface area contributed by atoms with E-state index in [0.717, 1.165) is 5.56 Å². The van der Waals surface area contributed by atoms with Crippen molar-refractivity contribution in [3.63, 3.8) is 0 Å². The Bertz CT molecular complexity index is 319. The van der Waals surface area contributed by atoms with Crippen LogP contribution in [0.4, 0.5) is 0 Å². The predicted molar refractivity (Wildman–Crippen MR) is 56.8 cm³/mol. The third-order valence-electron chi connectivity index (χ3n) is 2.63. The number of phenols is 1. The first kappa shape index (κ1) is 10.5. The minimum absolute atomic E-state index is 0.263. The molecule has 0 spiro atoms. The molecule has 1 aliphatic rings. The van der Waals surface area contributed by atoms with Gasteiger partial charge in [-0.1, -0.05) is 12.1 Å². The fraction of sp³-hybridized carbons (Fsp3) is 0.500. The van der Waals surface area contributed by atoms with Crippen molar-refractivity contribution < 1.29 is 14.6 Å². The standard InChI is InChI=1S/C12H16O3/c1-12(2)14-7-10(8-15-12)9-3-5-11(13)6-4-9/h3-6,10,13H,7-8H2,1-2H3. The molecule has 3 nitrogen and oxygen atoms in total. The summed E-state index contributed by atoms with van der Waals surface area (Å²) >= 11 is 0. The maximum Gasteiger partial charge on any atom is 0.162 e. The number of phenolic OH excluding ortho intramolecular Hbond substituents is 1. The van der Waals surface area contributed by atoms with Crippen LogP contribution in [-0.2, 0) is 9.47 Å². The van der Waals surface area contributed by atoms with Crippen LogP contribution in [-0.4, -0.2) is 24.1 Å². The van der Waals surface area contributed by atoms with Gasteiger partial charge in [-0.2, -0.15) is 0 Å². The molecule has 0 aromatic heterocycles. The van der Waals surface area contributed by atoms with E-state index in [1.165, 1.54) is 0 Å². The van der Waals surface area contributed by atoms with Gasteiger partial charge in [0, 0.05) is 5.92 Å². The predicted octanol–water partition coefficient (Wildman–Crippen LogP) is 2.26. The highest BCUT2D eigenvalue weighted by Gasteiger charge is 2.28. The highest BCUT2D eigenvalue weighted by molar-refractivity contribution is 5.28. The van der Waals surface area contributed by atoms with Crippen molar-refractivity contribution in [1.82, 2.24) is 0 Å². The van der Waals surface area contributed by atoms with E-state index in [-0.39, 0.29) is 11.7 Å². The van der Waals surface area contributed by atoms with E-state index >= 15 is 0 Å². The quantitative estimate of drug-likeness (QED) is 0.769. The summed E-state index contributed by atoms with van der Waals surface area (Å²) in [5, 5.41) is 9.18. The van der Waals surface area contributed by atoms with Crippen LogP contribution in [0.5, 0.6) is 5.75 Å². The van der Waals surface area contributed by atoms with Gasteiger partial charge in [0.1, 0.15) is 5.75 Å². The Morgan fingerprint density at radius 1 is 1.13 bits per heavy atom. The topological polar surface area (TPSA) is 38.7 Å². The van der Waals surface area contributed by atoms with Crippen LogP contribution in [0.25, 0.3) is 0 Å². The first-order chi connectivity index (χ1) is 7.07. The molecule has 82 valence electrons. The second-order valence-corrected chi connectivity index (χ2v) is 4.31. The molecule has 1 aliphatic heterocycles. The maximum absolute atomic E-state index is 9.18. The van der Waals surface area contributed by atoms with E-state index in [2.05, 4.69) is 0 Å². The van der Waals surface area contributed by atoms with Crippen molar-refractivity contribution in [3.8, 4) is 5.75 Å².